The molecular formula is C32H47N3O2. The number of H-pyrrole nitrogens is 1. The van der Waals surface area contributed by atoms with Gasteiger partial charge in [-0.25, -0.2) is 9.98 Å². The van der Waals surface area contributed by atoms with Crippen LogP contribution in [0.3, 0.4) is 0 Å². The molecule has 0 aliphatic rings. The molecule has 1 heterocycles. The number of aliphatic imine (C=N–C) groups is 1. The third kappa shape index (κ3) is 11.4. The van der Waals surface area contributed by atoms with Gasteiger partial charge in [-0.05, 0) is 30.7 Å². The summed E-state index contributed by atoms with van der Waals surface area (Å²) in [6.07, 6.45) is 23.4. The summed E-state index contributed by atoms with van der Waals surface area (Å²) in [5.41, 5.74) is 2.45. The van der Waals surface area contributed by atoms with Crippen LogP contribution < -0.4 is 4.74 Å². The second-order valence-corrected chi connectivity index (χ2v) is 10.2. The summed E-state index contributed by atoms with van der Waals surface area (Å²) in [7, 11) is 0. The number of ether oxygens (including phenoxy) is 1. The number of aromatic nitrogens is 2. The molecule has 1 aromatic heterocycles. The van der Waals surface area contributed by atoms with Crippen molar-refractivity contribution < 1.29 is 9.84 Å². The summed E-state index contributed by atoms with van der Waals surface area (Å²) in [4.78, 5) is 11.9. The zero-order chi connectivity index (χ0) is 26.0. The van der Waals surface area contributed by atoms with Gasteiger partial charge in [0, 0.05) is 17.8 Å². The van der Waals surface area contributed by atoms with Gasteiger partial charge in [-0.1, -0.05) is 115 Å². The molecule has 0 saturated heterocycles. The highest BCUT2D eigenvalue weighted by atomic mass is 16.5. The summed E-state index contributed by atoms with van der Waals surface area (Å²) in [5, 5.41) is 10.4. The minimum Gasteiger partial charge on any atom is -0.507 e. The minimum atomic E-state index is 0.157. The van der Waals surface area contributed by atoms with Crippen LogP contribution in [0, 0.1) is 0 Å². The van der Waals surface area contributed by atoms with E-state index in [1.54, 1.807) is 12.3 Å². The van der Waals surface area contributed by atoms with Crippen LogP contribution in [0.4, 0.5) is 5.95 Å². The third-order valence-electron chi connectivity index (χ3n) is 6.97. The van der Waals surface area contributed by atoms with Crippen LogP contribution in [0.5, 0.6) is 11.5 Å². The van der Waals surface area contributed by atoms with Gasteiger partial charge < -0.3 is 14.8 Å². The number of phenols is 1. The van der Waals surface area contributed by atoms with Crippen molar-refractivity contribution >= 4 is 23.2 Å². The van der Waals surface area contributed by atoms with E-state index in [1.165, 1.54) is 96.3 Å². The molecule has 5 nitrogen and oxygen atoms in total. The summed E-state index contributed by atoms with van der Waals surface area (Å²) >= 11 is 0. The largest absolute Gasteiger partial charge is 0.507 e. The molecule has 202 valence electrons. The number of nitrogens with zero attached hydrogens (tertiary/aromatic N) is 2. The van der Waals surface area contributed by atoms with Gasteiger partial charge in [0.2, 0.25) is 5.95 Å². The van der Waals surface area contributed by atoms with E-state index < -0.39 is 0 Å². The van der Waals surface area contributed by atoms with Crippen molar-refractivity contribution in [2.45, 2.75) is 110 Å². The first-order valence-corrected chi connectivity index (χ1v) is 14.7. The van der Waals surface area contributed by atoms with E-state index in [2.05, 4.69) is 21.9 Å². The van der Waals surface area contributed by atoms with E-state index >= 15 is 0 Å². The Kier molecular flexibility index (Phi) is 13.7. The van der Waals surface area contributed by atoms with Gasteiger partial charge >= 0.3 is 0 Å². The number of rotatable bonds is 20. The summed E-state index contributed by atoms with van der Waals surface area (Å²) < 4.78 is 5.84. The number of unbranched alkanes of at least 4 members (excludes halogenated alkanes) is 15. The monoisotopic (exact) mass is 505 g/mol. The highest BCUT2D eigenvalue weighted by molar-refractivity contribution is 5.86. The molecular weight excluding hydrogens is 458 g/mol. The molecule has 2 N–H and O–H groups in total. The predicted molar refractivity (Wildman–Crippen MR) is 156 cm³/mol. The molecule has 37 heavy (non-hydrogen) atoms. The second kappa shape index (κ2) is 17.6. The van der Waals surface area contributed by atoms with E-state index in [0.29, 0.717) is 23.9 Å². The Morgan fingerprint density at radius 1 is 0.784 bits per heavy atom. The van der Waals surface area contributed by atoms with E-state index in [-0.39, 0.29) is 5.75 Å². The van der Waals surface area contributed by atoms with Gasteiger partial charge in [0.1, 0.15) is 11.5 Å². The van der Waals surface area contributed by atoms with Gasteiger partial charge in [0.05, 0.1) is 17.6 Å². The Morgan fingerprint density at radius 3 is 1.97 bits per heavy atom. The molecule has 3 aromatic rings. The van der Waals surface area contributed by atoms with Gasteiger partial charge in [-0.3, -0.25) is 0 Å². The van der Waals surface area contributed by atoms with E-state index in [0.717, 1.165) is 17.5 Å². The summed E-state index contributed by atoms with van der Waals surface area (Å²) in [6, 6.07) is 13.2. The standard InChI is InChI=1S/C32H47N3O2/c1-2-3-4-5-6-7-8-9-10-11-12-13-14-15-16-19-24-37-28-23-22-27(31(36)25-28)26-33-32-34-29-20-17-18-21-30(29)35-32/h17-18,20-23,25-26,36H,2-16,19,24H2,1H3,(H,34,35). The zero-order valence-electron chi connectivity index (χ0n) is 22.9. The number of benzene rings is 2. The lowest BCUT2D eigenvalue weighted by Gasteiger charge is -2.08. The molecule has 5 heteroatoms. The van der Waals surface area contributed by atoms with E-state index in [4.69, 9.17) is 4.74 Å². The number of fused-ring (bicyclic) bond motifs is 1. The maximum atomic E-state index is 10.4. The molecule has 0 atom stereocenters. The number of aromatic amines is 1. The Hall–Kier alpha value is -2.82. The molecule has 3 rings (SSSR count). The van der Waals surface area contributed by atoms with Crippen molar-refractivity contribution in [3.63, 3.8) is 0 Å². The molecule has 0 aliphatic carbocycles. The average molecular weight is 506 g/mol. The SMILES string of the molecule is CCCCCCCCCCCCCCCCCCOc1ccc(C=Nc2nc3ccccc3[nH]2)c(O)c1. The maximum absolute atomic E-state index is 10.4. The van der Waals surface area contributed by atoms with Crippen molar-refractivity contribution in [1.82, 2.24) is 9.97 Å². The minimum absolute atomic E-state index is 0.157. The fourth-order valence-corrected chi connectivity index (χ4v) is 4.69. The van der Waals surface area contributed by atoms with Gasteiger partial charge in [-0.2, -0.15) is 0 Å². The lowest BCUT2D eigenvalue weighted by atomic mass is 10.0. The molecule has 2 aromatic carbocycles. The van der Waals surface area contributed by atoms with Gasteiger partial charge in [-0.15, -0.1) is 0 Å². The van der Waals surface area contributed by atoms with Crippen molar-refractivity contribution in [1.29, 1.82) is 0 Å². The lowest BCUT2D eigenvalue weighted by Crippen LogP contribution is -1.97. The van der Waals surface area contributed by atoms with Crippen LogP contribution in [0.1, 0.15) is 115 Å². The first-order chi connectivity index (χ1) is 18.3. The molecule has 0 radical (unpaired) electrons. The zero-order valence-corrected chi connectivity index (χ0v) is 22.9. The van der Waals surface area contributed by atoms with Crippen LogP contribution in [-0.2, 0) is 0 Å². The number of para-hydroxylation sites is 2. The number of imidazole rings is 1. The highest BCUT2D eigenvalue weighted by Gasteiger charge is 2.04. The van der Waals surface area contributed by atoms with Crippen molar-refractivity contribution in [2.24, 2.45) is 4.99 Å². The Balaban J connectivity index is 1.18. The molecule has 0 saturated carbocycles. The smallest absolute Gasteiger partial charge is 0.227 e. The second-order valence-electron chi connectivity index (χ2n) is 10.2. The summed E-state index contributed by atoms with van der Waals surface area (Å²) in [5.74, 6) is 1.37. The highest BCUT2D eigenvalue weighted by Crippen LogP contribution is 2.24. The van der Waals surface area contributed by atoms with Crippen molar-refractivity contribution in [3.8, 4) is 11.5 Å². The Bertz CT molecular complexity index is 1010. The Morgan fingerprint density at radius 2 is 1.38 bits per heavy atom. The first kappa shape index (κ1) is 28.7. The predicted octanol–water partition coefficient (Wildman–Crippen LogP) is 9.66. The quantitative estimate of drug-likeness (QED) is 0.119. The fourth-order valence-electron chi connectivity index (χ4n) is 4.69. The van der Waals surface area contributed by atoms with E-state index in [1.807, 2.05) is 36.4 Å². The van der Waals surface area contributed by atoms with Crippen LogP contribution in [0.15, 0.2) is 47.5 Å². The Labute approximate surface area is 223 Å². The number of aromatic hydroxyl groups is 1. The number of hydrogen-bond donors (Lipinski definition) is 2. The molecule has 0 fully saturated rings. The molecule has 0 amide bonds. The van der Waals surface area contributed by atoms with Gasteiger partial charge in [0.15, 0.2) is 0 Å². The van der Waals surface area contributed by atoms with Crippen LogP contribution in [0.25, 0.3) is 11.0 Å². The van der Waals surface area contributed by atoms with E-state index in [9.17, 15) is 5.11 Å². The molecule has 0 bridgehead atoms. The molecule has 0 spiro atoms. The van der Waals surface area contributed by atoms with Crippen LogP contribution in [-0.4, -0.2) is 27.9 Å². The average Bonchev–Trinajstić information content (AvgIpc) is 3.33. The lowest BCUT2D eigenvalue weighted by molar-refractivity contribution is 0.302. The third-order valence-corrected chi connectivity index (χ3v) is 6.97. The first-order valence-electron chi connectivity index (χ1n) is 14.7. The van der Waals surface area contributed by atoms with Gasteiger partial charge in [0.25, 0.3) is 0 Å². The molecule has 0 aliphatic heterocycles. The van der Waals surface area contributed by atoms with Crippen molar-refractivity contribution in [2.75, 3.05) is 6.61 Å². The topological polar surface area (TPSA) is 70.5 Å². The fraction of sp³-hybridized carbons (Fsp3) is 0.562. The number of hydrogen-bond acceptors (Lipinski definition) is 4. The maximum Gasteiger partial charge on any atom is 0.227 e. The van der Waals surface area contributed by atoms with Crippen LogP contribution >= 0.6 is 0 Å². The number of nitrogens with one attached hydrogen (secondary N) is 1. The summed E-state index contributed by atoms with van der Waals surface area (Å²) in [6.45, 7) is 2.97. The normalized spacial score (nSPS) is 11.6. The molecule has 0 unspecified atom stereocenters. The van der Waals surface area contributed by atoms with Crippen LogP contribution in [0.2, 0.25) is 0 Å². The van der Waals surface area contributed by atoms with Crippen molar-refractivity contribution in [3.05, 3.63) is 48.0 Å². The number of phenolic OH excluding ortho intramolecular Hbond substituents is 1.